The van der Waals surface area contributed by atoms with Gasteiger partial charge in [0.2, 0.25) is 0 Å². The molecule has 0 aliphatic rings. The molecule has 0 aliphatic carbocycles. The molecule has 130 valence electrons. The molecule has 2 aromatic carbocycles. The van der Waals surface area contributed by atoms with Crippen molar-refractivity contribution >= 4 is 0 Å². The minimum Gasteiger partial charge on any atom is -0.489 e. The molecular weight excluding hydrogens is 321 g/mol. The first-order chi connectivity index (χ1) is 12.2. The lowest BCUT2D eigenvalue weighted by atomic mass is 10.2. The predicted octanol–water partition coefficient (Wildman–Crippen LogP) is 3.82. The largest absolute Gasteiger partial charge is 0.489 e. The number of hydrogen-bond donors (Lipinski definition) is 2. The van der Waals surface area contributed by atoms with Crippen LogP contribution in [0.4, 0.5) is 4.39 Å². The smallest absolute Gasteiger partial charge is 0.133 e. The number of hydrogen-bond acceptors (Lipinski definition) is 4. The Hall–Kier alpha value is -2.63. The Morgan fingerprint density at radius 3 is 2.64 bits per heavy atom. The zero-order chi connectivity index (χ0) is 17.5. The van der Waals surface area contributed by atoms with Gasteiger partial charge in [-0.2, -0.15) is 0 Å². The number of nitrogens with one attached hydrogen (secondary N) is 1. The minimum atomic E-state index is -0.673. The molecule has 2 N–H and O–H groups in total. The van der Waals surface area contributed by atoms with Gasteiger partial charge in [0.05, 0.1) is 6.26 Å². The number of rotatable bonds is 8. The molecule has 1 heterocycles. The van der Waals surface area contributed by atoms with Gasteiger partial charge < -0.3 is 19.6 Å². The molecule has 1 atom stereocenters. The SMILES string of the molecule is OC(CNCc1cccc(OCc2ccc(F)cc2)c1)c1ccco1. The molecule has 0 bridgehead atoms. The molecule has 5 heteroatoms. The summed E-state index contributed by atoms with van der Waals surface area (Å²) in [6, 6.07) is 17.5. The molecule has 3 aromatic rings. The fraction of sp³-hybridized carbons (Fsp3) is 0.200. The number of furan rings is 1. The van der Waals surface area contributed by atoms with Gasteiger partial charge in [-0.25, -0.2) is 4.39 Å². The molecule has 0 aliphatic heterocycles. The predicted molar refractivity (Wildman–Crippen MR) is 92.5 cm³/mol. The monoisotopic (exact) mass is 341 g/mol. The Kier molecular flexibility index (Phi) is 5.82. The number of ether oxygens (including phenoxy) is 1. The second kappa shape index (κ2) is 8.46. The molecule has 3 rings (SSSR count). The van der Waals surface area contributed by atoms with E-state index in [9.17, 15) is 9.50 Å². The van der Waals surface area contributed by atoms with Crippen LogP contribution in [0.3, 0.4) is 0 Å². The van der Waals surface area contributed by atoms with Gasteiger partial charge in [0, 0.05) is 13.1 Å². The van der Waals surface area contributed by atoms with Gasteiger partial charge in [-0.15, -0.1) is 0 Å². The zero-order valence-corrected chi connectivity index (χ0v) is 13.7. The van der Waals surface area contributed by atoms with Crippen molar-refractivity contribution in [3.05, 3.63) is 89.6 Å². The molecule has 1 unspecified atom stereocenters. The maximum Gasteiger partial charge on any atom is 0.133 e. The Balaban J connectivity index is 1.48. The van der Waals surface area contributed by atoms with Crippen LogP contribution >= 0.6 is 0 Å². The van der Waals surface area contributed by atoms with E-state index in [2.05, 4.69) is 5.32 Å². The summed E-state index contributed by atoms with van der Waals surface area (Å²) in [6.45, 7) is 1.38. The van der Waals surface area contributed by atoms with Gasteiger partial charge in [0.15, 0.2) is 0 Å². The summed E-state index contributed by atoms with van der Waals surface area (Å²) in [5, 5.41) is 13.2. The molecule has 1 aromatic heterocycles. The quantitative estimate of drug-likeness (QED) is 0.654. The van der Waals surface area contributed by atoms with Crippen molar-refractivity contribution in [3.63, 3.8) is 0 Å². The van der Waals surface area contributed by atoms with Gasteiger partial charge in [0.1, 0.15) is 30.0 Å². The molecule has 0 saturated heterocycles. The lowest BCUT2D eigenvalue weighted by molar-refractivity contribution is 0.147. The third-order valence-electron chi connectivity index (χ3n) is 3.76. The Bertz CT molecular complexity index is 772. The summed E-state index contributed by atoms with van der Waals surface area (Å²) in [6.07, 6.45) is 0.869. The highest BCUT2D eigenvalue weighted by atomic mass is 19.1. The number of benzene rings is 2. The van der Waals surface area contributed by atoms with Crippen molar-refractivity contribution in [2.24, 2.45) is 0 Å². The molecule has 4 nitrogen and oxygen atoms in total. The van der Waals surface area contributed by atoms with Crippen LogP contribution in [-0.2, 0) is 13.2 Å². The topological polar surface area (TPSA) is 54.6 Å². The van der Waals surface area contributed by atoms with E-state index >= 15 is 0 Å². The van der Waals surface area contributed by atoms with E-state index in [1.54, 1.807) is 30.5 Å². The fourth-order valence-corrected chi connectivity index (χ4v) is 2.43. The second-order valence-corrected chi connectivity index (χ2v) is 5.72. The van der Waals surface area contributed by atoms with Crippen LogP contribution in [-0.4, -0.2) is 11.7 Å². The highest BCUT2D eigenvalue weighted by molar-refractivity contribution is 5.29. The Morgan fingerprint density at radius 1 is 1.04 bits per heavy atom. The zero-order valence-electron chi connectivity index (χ0n) is 13.7. The normalized spacial score (nSPS) is 12.1. The van der Waals surface area contributed by atoms with Gasteiger partial charge in [0.25, 0.3) is 0 Å². The standard InChI is InChI=1S/C20H20FNO3/c21-17-8-6-15(7-9-17)14-25-18-4-1-3-16(11-18)12-22-13-19(23)20-5-2-10-24-20/h1-11,19,22-23H,12-14H2. The number of halogens is 1. The van der Waals surface area contributed by atoms with Crippen molar-refractivity contribution in [1.82, 2.24) is 5.32 Å². The number of aliphatic hydroxyl groups excluding tert-OH is 1. The van der Waals surface area contributed by atoms with Crippen molar-refractivity contribution in [2.45, 2.75) is 19.3 Å². The highest BCUT2D eigenvalue weighted by Crippen LogP contribution is 2.16. The molecule has 0 spiro atoms. The van der Waals surface area contributed by atoms with E-state index in [4.69, 9.17) is 9.15 Å². The Labute approximate surface area is 145 Å². The first kappa shape index (κ1) is 17.2. The van der Waals surface area contributed by atoms with E-state index in [-0.39, 0.29) is 5.82 Å². The van der Waals surface area contributed by atoms with Crippen LogP contribution in [0, 0.1) is 5.82 Å². The molecule has 0 amide bonds. The minimum absolute atomic E-state index is 0.256. The summed E-state index contributed by atoms with van der Waals surface area (Å²) in [5.74, 6) is 1.03. The van der Waals surface area contributed by atoms with Gasteiger partial charge in [-0.3, -0.25) is 0 Å². The molecule has 0 radical (unpaired) electrons. The molecule has 0 saturated carbocycles. The van der Waals surface area contributed by atoms with Crippen molar-refractivity contribution < 1.29 is 18.7 Å². The summed E-state index contributed by atoms with van der Waals surface area (Å²) in [7, 11) is 0. The van der Waals surface area contributed by atoms with Gasteiger partial charge >= 0.3 is 0 Å². The first-order valence-corrected chi connectivity index (χ1v) is 8.09. The van der Waals surface area contributed by atoms with Gasteiger partial charge in [-0.05, 0) is 47.5 Å². The van der Waals surface area contributed by atoms with Crippen LogP contribution in [0.25, 0.3) is 0 Å². The summed E-state index contributed by atoms with van der Waals surface area (Å²) >= 11 is 0. The third kappa shape index (κ3) is 5.17. The van der Waals surface area contributed by atoms with E-state index in [0.717, 1.165) is 16.9 Å². The average Bonchev–Trinajstić information content (AvgIpc) is 3.16. The Morgan fingerprint density at radius 2 is 1.88 bits per heavy atom. The van der Waals surface area contributed by atoms with E-state index in [0.29, 0.717) is 25.5 Å². The average molecular weight is 341 g/mol. The third-order valence-corrected chi connectivity index (χ3v) is 3.76. The van der Waals surface area contributed by atoms with E-state index in [1.165, 1.54) is 12.1 Å². The molecular formula is C20H20FNO3. The first-order valence-electron chi connectivity index (χ1n) is 8.09. The number of aliphatic hydroxyl groups is 1. The maximum atomic E-state index is 12.9. The van der Waals surface area contributed by atoms with Crippen LogP contribution in [0.15, 0.2) is 71.3 Å². The second-order valence-electron chi connectivity index (χ2n) is 5.72. The maximum absolute atomic E-state index is 12.9. The molecule has 0 fully saturated rings. The highest BCUT2D eigenvalue weighted by Gasteiger charge is 2.09. The van der Waals surface area contributed by atoms with Crippen LogP contribution < -0.4 is 10.1 Å². The fourth-order valence-electron chi connectivity index (χ4n) is 2.43. The van der Waals surface area contributed by atoms with Crippen molar-refractivity contribution in [2.75, 3.05) is 6.54 Å². The summed E-state index contributed by atoms with van der Waals surface area (Å²) in [5.41, 5.74) is 1.95. The van der Waals surface area contributed by atoms with Crippen LogP contribution in [0.2, 0.25) is 0 Å². The lowest BCUT2D eigenvalue weighted by Gasteiger charge is -2.11. The van der Waals surface area contributed by atoms with Crippen molar-refractivity contribution in [3.8, 4) is 5.75 Å². The lowest BCUT2D eigenvalue weighted by Crippen LogP contribution is -2.20. The van der Waals surface area contributed by atoms with Gasteiger partial charge in [-0.1, -0.05) is 24.3 Å². The summed E-state index contributed by atoms with van der Waals surface area (Å²) in [4.78, 5) is 0. The van der Waals surface area contributed by atoms with E-state index in [1.807, 2.05) is 24.3 Å². The van der Waals surface area contributed by atoms with Crippen molar-refractivity contribution in [1.29, 1.82) is 0 Å². The van der Waals surface area contributed by atoms with Crippen LogP contribution in [0.5, 0.6) is 5.75 Å². The summed E-state index contributed by atoms with van der Waals surface area (Å²) < 4.78 is 23.8. The van der Waals surface area contributed by atoms with Crippen LogP contribution in [0.1, 0.15) is 23.0 Å². The van der Waals surface area contributed by atoms with E-state index < -0.39 is 6.10 Å². The molecule has 25 heavy (non-hydrogen) atoms.